The second-order valence-electron chi connectivity index (χ2n) is 10.5. The van der Waals surface area contributed by atoms with E-state index in [9.17, 15) is 18.0 Å². The molecule has 206 valence electrons. The van der Waals surface area contributed by atoms with Crippen LogP contribution in [-0.4, -0.2) is 30.4 Å². The summed E-state index contributed by atoms with van der Waals surface area (Å²) in [5.74, 6) is 0.250. The lowest BCUT2D eigenvalue weighted by molar-refractivity contribution is -0.137. The van der Waals surface area contributed by atoms with Crippen molar-refractivity contribution in [3.8, 4) is 0 Å². The number of hydrogen-bond donors (Lipinski definition) is 1. The third kappa shape index (κ3) is 6.80. The Morgan fingerprint density at radius 3 is 1.77 bits per heavy atom. The SMILES string of the molecule is O=C(CC(c1ccccc1)c1ccccc1)NCC1CCN(C(c2ccccc2)c2ccc(C(F)(F)F)cc2)C1. The highest BCUT2D eigenvalue weighted by atomic mass is 19.4. The van der Waals surface area contributed by atoms with Crippen LogP contribution in [0.1, 0.15) is 52.6 Å². The molecule has 4 aromatic rings. The van der Waals surface area contributed by atoms with Gasteiger partial charge in [-0.25, -0.2) is 0 Å². The minimum absolute atomic E-state index is 0.0125. The van der Waals surface area contributed by atoms with Crippen molar-refractivity contribution in [2.75, 3.05) is 19.6 Å². The van der Waals surface area contributed by atoms with Crippen LogP contribution in [0.3, 0.4) is 0 Å². The maximum absolute atomic E-state index is 13.2. The number of rotatable bonds is 9. The Balaban J connectivity index is 1.24. The standard InChI is InChI=1S/C34H33F3N2O/c35-34(36,37)30-18-16-29(17-19-30)33(28-14-8-3-9-15-28)39-21-20-25(24-39)23-38-32(40)22-31(26-10-4-1-5-11-26)27-12-6-2-7-13-27/h1-19,25,31,33H,20-24H2,(H,38,40). The van der Waals surface area contributed by atoms with Gasteiger partial charge in [-0.15, -0.1) is 0 Å². The zero-order chi connectivity index (χ0) is 28.0. The van der Waals surface area contributed by atoms with Crippen LogP contribution in [0.5, 0.6) is 0 Å². The number of nitrogens with one attached hydrogen (secondary N) is 1. The second-order valence-corrected chi connectivity index (χ2v) is 10.5. The summed E-state index contributed by atoms with van der Waals surface area (Å²) >= 11 is 0. The van der Waals surface area contributed by atoms with Gasteiger partial charge in [0.15, 0.2) is 0 Å². The fourth-order valence-corrected chi connectivity index (χ4v) is 5.68. The molecule has 0 spiro atoms. The summed E-state index contributed by atoms with van der Waals surface area (Å²) in [7, 11) is 0. The maximum atomic E-state index is 13.2. The monoisotopic (exact) mass is 542 g/mol. The molecule has 3 nitrogen and oxygen atoms in total. The van der Waals surface area contributed by atoms with Crippen LogP contribution < -0.4 is 5.32 Å². The molecule has 4 aromatic carbocycles. The molecular weight excluding hydrogens is 509 g/mol. The van der Waals surface area contributed by atoms with Gasteiger partial charge in [0.05, 0.1) is 11.6 Å². The molecule has 0 aromatic heterocycles. The molecule has 40 heavy (non-hydrogen) atoms. The molecule has 1 aliphatic heterocycles. The highest BCUT2D eigenvalue weighted by molar-refractivity contribution is 5.77. The quantitative estimate of drug-likeness (QED) is 0.238. The molecule has 1 saturated heterocycles. The van der Waals surface area contributed by atoms with E-state index in [0.29, 0.717) is 13.0 Å². The van der Waals surface area contributed by atoms with Crippen LogP contribution in [0.2, 0.25) is 0 Å². The number of benzene rings is 4. The van der Waals surface area contributed by atoms with E-state index in [1.165, 1.54) is 0 Å². The average Bonchev–Trinajstić information content (AvgIpc) is 3.45. The molecule has 1 N–H and O–H groups in total. The van der Waals surface area contributed by atoms with Gasteiger partial charge in [0.1, 0.15) is 0 Å². The van der Waals surface area contributed by atoms with Crippen LogP contribution in [0.25, 0.3) is 0 Å². The Bertz CT molecular complexity index is 1320. The van der Waals surface area contributed by atoms with Crippen LogP contribution >= 0.6 is 0 Å². The van der Waals surface area contributed by atoms with E-state index in [2.05, 4.69) is 34.5 Å². The predicted molar refractivity (Wildman–Crippen MR) is 152 cm³/mol. The van der Waals surface area contributed by atoms with Crippen molar-refractivity contribution in [1.82, 2.24) is 10.2 Å². The molecule has 1 fully saturated rings. The highest BCUT2D eigenvalue weighted by Gasteiger charge is 2.33. The maximum Gasteiger partial charge on any atom is 0.416 e. The first-order valence-electron chi connectivity index (χ1n) is 13.7. The number of halogens is 3. The van der Waals surface area contributed by atoms with Crippen LogP contribution in [0.15, 0.2) is 115 Å². The van der Waals surface area contributed by atoms with Crippen LogP contribution in [0, 0.1) is 5.92 Å². The molecule has 2 atom stereocenters. The number of nitrogens with zero attached hydrogens (tertiary/aromatic N) is 1. The minimum Gasteiger partial charge on any atom is -0.356 e. The Kier molecular flexibility index (Phi) is 8.66. The zero-order valence-electron chi connectivity index (χ0n) is 22.2. The number of likely N-dealkylation sites (tertiary alicyclic amines) is 1. The van der Waals surface area contributed by atoms with Crippen LogP contribution in [-0.2, 0) is 11.0 Å². The molecule has 5 rings (SSSR count). The van der Waals surface area contributed by atoms with E-state index in [1.54, 1.807) is 12.1 Å². The third-order valence-electron chi connectivity index (χ3n) is 7.73. The smallest absolute Gasteiger partial charge is 0.356 e. The molecule has 1 aliphatic rings. The second kappa shape index (κ2) is 12.5. The molecule has 0 bridgehead atoms. The normalized spacial score (nSPS) is 16.6. The van der Waals surface area contributed by atoms with Crippen LogP contribution in [0.4, 0.5) is 13.2 Å². The Hall–Kier alpha value is -3.90. The van der Waals surface area contributed by atoms with Crippen molar-refractivity contribution >= 4 is 5.91 Å². The van der Waals surface area contributed by atoms with E-state index in [0.717, 1.165) is 53.9 Å². The Morgan fingerprint density at radius 1 is 0.750 bits per heavy atom. The largest absolute Gasteiger partial charge is 0.416 e. The zero-order valence-corrected chi connectivity index (χ0v) is 22.2. The summed E-state index contributed by atoms with van der Waals surface area (Å²) in [6, 6.07) is 35.4. The van der Waals surface area contributed by atoms with E-state index in [-0.39, 0.29) is 23.8 Å². The van der Waals surface area contributed by atoms with Gasteiger partial charge in [-0.05, 0) is 53.3 Å². The van der Waals surface area contributed by atoms with Crippen molar-refractivity contribution in [2.45, 2.75) is 31.0 Å². The van der Waals surface area contributed by atoms with Gasteiger partial charge < -0.3 is 5.32 Å². The number of alkyl halides is 3. The first-order valence-corrected chi connectivity index (χ1v) is 13.7. The summed E-state index contributed by atoms with van der Waals surface area (Å²) in [5, 5.41) is 3.17. The molecule has 0 radical (unpaired) electrons. The molecule has 1 amide bonds. The van der Waals surface area contributed by atoms with Gasteiger partial charge in [0, 0.05) is 25.4 Å². The van der Waals surface area contributed by atoms with Crippen molar-refractivity contribution in [3.63, 3.8) is 0 Å². The predicted octanol–water partition coefficient (Wildman–Crippen LogP) is 7.46. The summed E-state index contributed by atoms with van der Waals surface area (Å²) in [6.45, 7) is 2.12. The molecule has 1 heterocycles. The van der Waals surface area contributed by atoms with Crippen molar-refractivity contribution in [1.29, 1.82) is 0 Å². The van der Waals surface area contributed by atoms with Crippen molar-refractivity contribution in [3.05, 3.63) is 143 Å². The summed E-state index contributed by atoms with van der Waals surface area (Å²) in [4.78, 5) is 15.4. The molecule has 0 aliphatic carbocycles. The van der Waals surface area contributed by atoms with Gasteiger partial charge in [0.25, 0.3) is 0 Å². The summed E-state index contributed by atoms with van der Waals surface area (Å²) in [6.07, 6.45) is -3.09. The average molecular weight is 543 g/mol. The van der Waals surface area contributed by atoms with Gasteiger partial charge in [-0.2, -0.15) is 13.2 Å². The fraction of sp³-hybridized carbons (Fsp3) is 0.265. The van der Waals surface area contributed by atoms with E-state index >= 15 is 0 Å². The summed E-state index contributed by atoms with van der Waals surface area (Å²) in [5.41, 5.74) is 3.45. The Morgan fingerprint density at radius 2 is 1.25 bits per heavy atom. The lowest BCUT2D eigenvalue weighted by atomic mass is 9.88. The summed E-state index contributed by atoms with van der Waals surface area (Å²) < 4.78 is 39.5. The van der Waals surface area contributed by atoms with Gasteiger partial charge in [0.2, 0.25) is 5.91 Å². The first kappa shape index (κ1) is 27.7. The first-order chi connectivity index (χ1) is 19.4. The van der Waals surface area contributed by atoms with Crippen molar-refractivity contribution in [2.24, 2.45) is 5.92 Å². The third-order valence-corrected chi connectivity index (χ3v) is 7.73. The van der Waals surface area contributed by atoms with Gasteiger partial charge in [-0.1, -0.05) is 103 Å². The number of carbonyl (C=O) groups excluding carboxylic acids is 1. The molecular formula is C34H33F3N2O. The van der Waals surface area contributed by atoms with E-state index < -0.39 is 11.7 Å². The lowest BCUT2D eigenvalue weighted by Gasteiger charge is -2.29. The molecule has 0 saturated carbocycles. The van der Waals surface area contributed by atoms with E-state index in [4.69, 9.17) is 0 Å². The topological polar surface area (TPSA) is 32.3 Å². The number of amides is 1. The van der Waals surface area contributed by atoms with Crippen molar-refractivity contribution < 1.29 is 18.0 Å². The minimum atomic E-state index is -4.36. The number of hydrogen-bond acceptors (Lipinski definition) is 2. The molecule has 6 heteroatoms. The lowest BCUT2D eigenvalue weighted by Crippen LogP contribution is -2.33. The van der Waals surface area contributed by atoms with E-state index in [1.807, 2.05) is 66.7 Å². The number of carbonyl (C=O) groups is 1. The van der Waals surface area contributed by atoms with Gasteiger partial charge >= 0.3 is 6.18 Å². The molecule has 2 unspecified atom stereocenters. The highest BCUT2D eigenvalue weighted by Crippen LogP contribution is 2.36. The van der Waals surface area contributed by atoms with Gasteiger partial charge in [-0.3, -0.25) is 9.69 Å². The fourth-order valence-electron chi connectivity index (χ4n) is 5.68. The Labute approximate surface area is 233 Å².